The Labute approximate surface area is 158 Å². The van der Waals surface area contributed by atoms with E-state index in [9.17, 15) is 4.79 Å². The van der Waals surface area contributed by atoms with Gasteiger partial charge in [-0.1, -0.05) is 6.07 Å². The Morgan fingerprint density at radius 2 is 2.26 bits per heavy atom. The van der Waals surface area contributed by atoms with Crippen LogP contribution in [0.2, 0.25) is 0 Å². The molecule has 1 aliphatic heterocycles. The zero-order valence-electron chi connectivity index (χ0n) is 15.6. The number of fused-ring (bicyclic) bond motifs is 1. The number of nitrogens with one attached hydrogen (secondary N) is 1. The van der Waals surface area contributed by atoms with Crippen LogP contribution in [0.3, 0.4) is 0 Å². The van der Waals surface area contributed by atoms with E-state index in [0.29, 0.717) is 13.1 Å². The molecule has 3 aromatic heterocycles. The van der Waals surface area contributed by atoms with Gasteiger partial charge in [-0.25, -0.2) is 4.98 Å². The van der Waals surface area contributed by atoms with Gasteiger partial charge in [-0.05, 0) is 30.7 Å². The smallest absolute Gasteiger partial charge is 0.243 e. The minimum absolute atomic E-state index is 0.0440. The molecule has 1 amide bonds. The number of aryl methyl sites for hydroxylation is 2. The van der Waals surface area contributed by atoms with Crippen molar-refractivity contribution in [3.8, 4) is 0 Å². The molecule has 0 fully saturated rings. The van der Waals surface area contributed by atoms with Crippen LogP contribution < -0.4 is 5.32 Å². The van der Waals surface area contributed by atoms with Crippen molar-refractivity contribution in [3.63, 3.8) is 0 Å². The fraction of sp³-hybridized carbons (Fsp3) is 0.350. The van der Waals surface area contributed by atoms with E-state index in [2.05, 4.69) is 20.2 Å². The summed E-state index contributed by atoms with van der Waals surface area (Å²) in [6.07, 6.45) is 6.22. The maximum Gasteiger partial charge on any atom is 0.243 e. The molecule has 0 radical (unpaired) electrons. The van der Waals surface area contributed by atoms with Crippen molar-refractivity contribution >= 4 is 5.91 Å². The Kier molecular flexibility index (Phi) is 4.77. The van der Waals surface area contributed by atoms with Gasteiger partial charge in [0.1, 0.15) is 17.6 Å². The maximum atomic E-state index is 13.1. The second-order valence-electron chi connectivity index (χ2n) is 6.90. The molecular weight excluding hydrogens is 342 g/mol. The molecule has 140 valence electrons. The van der Waals surface area contributed by atoms with Crippen molar-refractivity contribution in [1.82, 2.24) is 24.8 Å². The first-order chi connectivity index (χ1) is 13.1. The van der Waals surface area contributed by atoms with Crippen LogP contribution in [0, 0.1) is 6.92 Å². The van der Waals surface area contributed by atoms with Crippen LogP contribution in [0.25, 0.3) is 0 Å². The fourth-order valence-corrected chi connectivity index (χ4v) is 3.62. The van der Waals surface area contributed by atoms with Gasteiger partial charge in [-0.15, -0.1) is 0 Å². The summed E-state index contributed by atoms with van der Waals surface area (Å²) >= 11 is 0. The first-order valence-electron chi connectivity index (χ1n) is 9.08. The summed E-state index contributed by atoms with van der Waals surface area (Å²) < 4.78 is 7.52. The Bertz CT molecular complexity index is 931. The van der Waals surface area contributed by atoms with Gasteiger partial charge < -0.3 is 14.3 Å². The molecule has 4 rings (SSSR count). The molecule has 1 aliphatic rings. The van der Waals surface area contributed by atoms with Gasteiger partial charge in [0.15, 0.2) is 0 Å². The quantitative estimate of drug-likeness (QED) is 0.750. The van der Waals surface area contributed by atoms with E-state index in [1.165, 1.54) is 0 Å². The lowest BCUT2D eigenvalue weighted by atomic mass is 10.0. The standard InChI is InChI=1S/C20H23N5O2/c1-14-5-6-16(27-14)11-22-20(26)19-18-17(23-13-24(18)2)7-9-25(19)12-15-4-3-8-21-10-15/h3-6,8,10,13,19H,7,9,11-12H2,1-2H3,(H,22,26)/t19-/m0/s1. The molecule has 0 aromatic carbocycles. The van der Waals surface area contributed by atoms with Crippen molar-refractivity contribution in [3.05, 3.63) is 71.5 Å². The SMILES string of the molecule is Cc1ccc(CNC(=O)[C@@H]2c3c(ncn3C)CCN2Cc2cccnc2)o1. The lowest BCUT2D eigenvalue weighted by molar-refractivity contribution is -0.127. The van der Waals surface area contributed by atoms with Crippen molar-refractivity contribution in [2.45, 2.75) is 32.5 Å². The van der Waals surface area contributed by atoms with Crippen LogP contribution in [0.5, 0.6) is 0 Å². The van der Waals surface area contributed by atoms with Gasteiger partial charge in [-0.3, -0.25) is 14.7 Å². The van der Waals surface area contributed by atoms with Crippen molar-refractivity contribution in [2.24, 2.45) is 7.05 Å². The van der Waals surface area contributed by atoms with E-state index in [-0.39, 0.29) is 5.91 Å². The van der Waals surface area contributed by atoms with Gasteiger partial charge in [-0.2, -0.15) is 0 Å². The van der Waals surface area contributed by atoms with Gasteiger partial charge in [0, 0.05) is 39.0 Å². The Balaban J connectivity index is 1.57. The summed E-state index contributed by atoms with van der Waals surface area (Å²) in [5.74, 6) is 1.54. The number of imidazole rings is 1. The number of furan rings is 1. The zero-order chi connectivity index (χ0) is 18.8. The normalized spacial score (nSPS) is 16.9. The largest absolute Gasteiger partial charge is 0.465 e. The number of hydrogen-bond acceptors (Lipinski definition) is 5. The number of amides is 1. The fourth-order valence-electron chi connectivity index (χ4n) is 3.62. The number of aromatic nitrogens is 3. The van der Waals surface area contributed by atoms with Gasteiger partial charge in [0.05, 0.1) is 24.3 Å². The molecule has 0 aliphatic carbocycles. The monoisotopic (exact) mass is 365 g/mol. The number of pyridine rings is 1. The van der Waals surface area contributed by atoms with Crippen LogP contribution in [-0.2, 0) is 31.4 Å². The number of carbonyl (C=O) groups is 1. The molecule has 1 atom stereocenters. The number of hydrogen-bond donors (Lipinski definition) is 1. The van der Waals surface area contributed by atoms with Crippen LogP contribution in [0.15, 0.2) is 47.4 Å². The third-order valence-electron chi connectivity index (χ3n) is 4.91. The van der Waals surface area contributed by atoms with Crippen molar-refractivity contribution in [2.75, 3.05) is 6.54 Å². The Morgan fingerprint density at radius 3 is 3.00 bits per heavy atom. The topological polar surface area (TPSA) is 76.2 Å². The minimum atomic E-state index is -0.391. The van der Waals surface area contributed by atoms with Crippen molar-refractivity contribution < 1.29 is 9.21 Å². The second kappa shape index (κ2) is 7.36. The first-order valence-corrected chi connectivity index (χ1v) is 9.08. The third kappa shape index (κ3) is 3.64. The Hall–Kier alpha value is -2.93. The molecule has 0 bridgehead atoms. The molecule has 3 aromatic rings. The summed E-state index contributed by atoms with van der Waals surface area (Å²) in [5.41, 5.74) is 3.04. The Morgan fingerprint density at radius 1 is 1.37 bits per heavy atom. The van der Waals surface area contributed by atoms with Gasteiger partial charge >= 0.3 is 0 Å². The third-order valence-corrected chi connectivity index (χ3v) is 4.91. The van der Waals surface area contributed by atoms with E-state index in [0.717, 1.165) is 41.4 Å². The average molecular weight is 365 g/mol. The minimum Gasteiger partial charge on any atom is -0.465 e. The summed E-state index contributed by atoms with van der Waals surface area (Å²) in [6.45, 7) is 3.70. The van der Waals surface area contributed by atoms with E-state index >= 15 is 0 Å². The molecule has 0 saturated carbocycles. The summed E-state index contributed by atoms with van der Waals surface area (Å²) in [7, 11) is 1.94. The molecular formula is C20H23N5O2. The highest BCUT2D eigenvalue weighted by Crippen LogP contribution is 2.30. The van der Waals surface area contributed by atoms with E-state index in [4.69, 9.17) is 4.42 Å². The van der Waals surface area contributed by atoms with Crippen LogP contribution in [0.1, 0.15) is 34.5 Å². The van der Waals surface area contributed by atoms with Crippen LogP contribution in [-0.4, -0.2) is 31.9 Å². The summed E-state index contributed by atoms with van der Waals surface area (Å²) in [4.78, 5) is 24.0. The predicted octanol–water partition coefficient (Wildman–Crippen LogP) is 2.13. The molecule has 0 unspecified atom stereocenters. The number of rotatable bonds is 5. The highest BCUT2D eigenvalue weighted by molar-refractivity contribution is 5.83. The van der Waals surface area contributed by atoms with Crippen LogP contribution >= 0.6 is 0 Å². The molecule has 0 spiro atoms. The van der Waals surface area contributed by atoms with Gasteiger partial charge in [0.2, 0.25) is 5.91 Å². The van der Waals surface area contributed by atoms with Crippen LogP contribution in [0.4, 0.5) is 0 Å². The average Bonchev–Trinajstić information content (AvgIpc) is 3.26. The molecule has 0 saturated heterocycles. The number of carbonyl (C=O) groups excluding carboxylic acids is 1. The summed E-state index contributed by atoms with van der Waals surface area (Å²) in [5, 5.41) is 3.02. The predicted molar refractivity (Wildman–Crippen MR) is 99.6 cm³/mol. The molecule has 7 nitrogen and oxygen atoms in total. The highest BCUT2D eigenvalue weighted by Gasteiger charge is 2.36. The molecule has 7 heteroatoms. The lowest BCUT2D eigenvalue weighted by Crippen LogP contribution is -2.44. The van der Waals surface area contributed by atoms with E-state index < -0.39 is 6.04 Å². The second-order valence-corrected chi connectivity index (χ2v) is 6.90. The lowest BCUT2D eigenvalue weighted by Gasteiger charge is -2.34. The highest BCUT2D eigenvalue weighted by atomic mass is 16.3. The van der Waals surface area contributed by atoms with Gasteiger partial charge in [0.25, 0.3) is 0 Å². The maximum absolute atomic E-state index is 13.1. The molecule has 27 heavy (non-hydrogen) atoms. The van der Waals surface area contributed by atoms with E-state index in [1.54, 1.807) is 12.5 Å². The van der Waals surface area contributed by atoms with Crippen molar-refractivity contribution in [1.29, 1.82) is 0 Å². The van der Waals surface area contributed by atoms with E-state index in [1.807, 2.05) is 49.0 Å². The first kappa shape index (κ1) is 17.5. The zero-order valence-corrected chi connectivity index (χ0v) is 15.6. The molecule has 1 N–H and O–H groups in total. The number of nitrogens with zero attached hydrogens (tertiary/aromatic N) is 4. The summed E-state index contributed by atoms with van der Waals surface area (Å²) in [6, 6.07) is 7.35. The molecule has 4 heterocycles.